The number of anilines is 2. The Morgan fingerprint density at radius 3 is 2.25 bits per heavy atom. The van der Waals surface area contributed by atoms with E-state index in [1.807, 2.05) is 68.4 Å². The molecule has 5 aromatic carbocycles. The minimum Gasteiger partial charge on any atom is -0.508 e. The number of aryl methyl sites for hydroxylation is 2. The number of rotatable bonds is 11. The van der Waals surface area contributed by atoms with E-state index in [1.54, 1.807) is 54.6 Å². The molecule has 1 atom stereocenters. The fraction of sp³-hybridized carbons (Fsp3) is 0.103. The van der Waals surface area contributed by atoms with Crippen molar-refractivity contribution in [2.24, 2.45) is 0 Å². The molecule has 0 aliphatic carbocycles. The lowest BCUT2D eigenvalue weighted by Crippen LogP contribution is -2.30. The topological polar surface area (TPSA) is 117 Å². The number of aromatic hydroxyl groups is 1. The zero-order valence-electron chi connectivity index (χ0n) is 26.7. The summed E-state index contributed by atoms with van der Waals surface area (Å²) in [5.41, 5.74) is 4.85. The number of phenolic OH excluding ortho intramolecular Hbond substituents is 1. The predicted molar refractivity (Wildman–Crippen MR) is 191 cm³/mol. The highest BCUT2D eigenvalue weighted by atomic mass is 32.2. The summed E-state index contributed by atoms with van der Waals surface area (Å²) < 4.78 is 5.39. The van der Waals surface area contributed by atoms with Crippen molar-refractivity contribution in [2.75, 3.05) is 17.7 Å². The van der Waals surface area contributed by atoms with Gasteiger partial charge in [0.2, 0.25) is 5.91 Å². The van der Waals surface area contributed by atoms with Gasteiger partial charge < -0.3 is 25.8 Å². The van der Waals surface area contributed by atoms with Crippen LogP contribution in [0.5, 0.6) is 11.5 Å². The maximum absolute atomic E-state index is 13.7. The Bertz CT molecular complexity index is 1960. The summed E-state index contributed by atoms with van der Waals surface area (Å²) in [5, 5.41) is 18.0. The summed E-state index contributed by atoms with van der Waals surface area (Å²) in [7, 11) is 1.45. The fourth-order valence-corrected chi connectivity index (χ4v) is 5.95. The molecule has 8 nitrogen and oxygen atoms in total. The number of benzene rings is 5. The number of hydrogen-bond donors (Lipinski definition) is 4. The first-order chi connectivity index (χ1) is 23.2. The average molecular weight is 658 g/mol. The van der Waals surface area contributed by atoms with Gasteiger partial charge in [-0.3, -0.25) is 14.4 Å². The molecule has 5 rings (SSSR count). The largest absolute Gasteiger partial charge is 0.508 e. The molecule has 0 aliphatic heterocycles. The van der Waals surface area contributed by atoms with Crippen LogP contribution in [0.15, 0.2) is 132 Å². The van der Waals surface area contributed by atoms with Crippen molar-refractivity contribution in [2.45, 2.75) is 24.0 Å². The van der Waals surface area contributed by atoms with Gasteiger partial charge in [-0.25, -0.2) is 0 Å². The van der Waals surface area contributed by atoms with Gasteiger partial charge >= 0.3 is 0 Å². The minimum atomic E-state index is -0.584. The van der Waals surface area contributed by atoms with Crippen molar-refractivity contribution in [1.82, 2.24) is 5.32 Å². The molecular formula is C39H35N3O5S. The van der Waals surface area contributed by atoms with Crippen LogP contribution in [0.3, 0.4) is 0 Å². The zero-order valence-corrected chi connectivity index (χ0v) is 27.5. The molecule has 1 unspecified atom stereocenters. The third kappa shape index (κ3) is 8.71. The Balaban J connectivity index is 1.41. The quantitative estimate of drug-likeness (QED) is 0.0848. The first-order valence-corrected chi connectivity index (χ1v) is 16.0. The van der Waals surface area contributed by atoms with Crippen LogP contribution in [0, 0.1) is 13.8 Å². The third-order valence-electron chi connectivity index (χ3n) is 7.38. The van der Waals surface area contributed by atoms with Gasteiger partial charge in [-0.2, -0.15) is 0 Å². The van der Waals surface area contributed by atoms with Crippen LogP contribution in [-0.2, 0) is 9.59 Å². The molecule has 4 N–H and O–H groups in total. The summed E-state index contributed by atoms with van der Waals surface area (Å²) >= 11 is 1.36. The lowest BCUT2D eigenvalue weighted by Gasteiger charge is -2.19. The molecule has 0 saturated heterocycles. The lowest BCUT2D eigenvalue weighted by molar-refractivity contribution is -0.116. The highest BCUT2D eigenvalue weighted by molar-refractivity contribution is 8.00. The molecule has 5 aromatic rings. The summed E-state index contributed by atoms with van der Waals surface area (Å²) in [5.74, 6) is -0.914. The number of carbonyl (C=O) groups is 3. The first kappa shape index (κ1) is 33.6. The van der Waals surface area contributed by atoms with Gasteiger partial charge in [0, 0.05) is 33.5 Å². The Labute approximate surface area is 283 Å². The molecule has 0 saturated carbocycles. The molecule has 0 radical (unpaired) electrons. The number of methoxy groups -OCH3 is 1. The van der Waals surface area contributed by atoms with Gasteiger partial charge in [-0.1, -0.05) is 66.7 Å². The van der Waals surface area contributed by atoms with Crippen molar-refractivity contribution in [1.29, 1.82) is 0 Å². The first-order valence-electron chi connectivity index (χ1n) is 15.2. The molecule has 0 heterocycles. The number of phenols is 1. The number of nitrogens with one attached hydrogen (secondary N) is 3. The van der Waals surface area contributed by atoms with Gasteiger partial charge in [-0.15, -0.1) is 11.8 Å². The summed E-state index contributed by atoms with van der Waals surface area (Å²) in [6, 6.07) is 35.6. The summed E-state index contributed by atoms with van der Waals surface area (Å²) in [6.45, 7) is 3.93. The van der Waals surface area contributed by atoms with Crippen LogP contribution < -0.4 is 20.7 Å². The van der Waals surface area contributed by atoms with E-state index >= 15 is 0 Å². The number of ether oxygens (including phenoxy) is 1. The molecule has 0 spiro atoms. The van der Waals surface area contributed by atoms with Crippen LogP contribution in [0.25, 0.3) is 6.08 Å². The maximum Gasteiger partial charge on any atom is 0.272 e. The van der Waals surface area contributed by atoms with Crippen LogP contribution in [0.1, 0.15) is 37.9 Å². The molecule has 242 valence electrons. The van der Waals surface area contributed by atoms with E-state index in [0.29, 0.717) is 22.6 Å². The second kappa shape index (κ2) is 15.7. The van der Waals surface area contributed by atoms with Crippen LogP contribution in [0.2, 0.25) is 0 Å². The van der Waals surface area contributed by atoms with Crippen LogP contribution in [-0.4, -0.2) is 29.9 Å². The van der Waals surface area contributed by atoms with E-state index in [9.17, 15) is 19.5 Å². The smallest absolute Gasteiger partial charge is 0.272 e. The van der Waals surface area contributed by atoms with Gasteiger partial charge in [-0.05, 0) is 85.1 Å². The predicted octanol–water partition coefficient (Wildman–Crippen LogP) is 7.90. The highest BCUT2D eigenvalue weighted by Gasteiger charge is 2.23. The SMILES string of the molecule is COc1cc(O)ccc1/C=C(/NC(=O)c1ccccc1)C(=O)Nc1cccc(SC(C(=O)Nc2cc(C)ccc2C)c2ccccc2)c1. The van der Waals surface area contributed by atoms with E-state index in [4.69, 9.17) is 4.74 Å². The molecule has 48 heavy (non-hydrogen) atoms. The molecular weight excluding hydrogens is 623 g/mol. The number of amides is 3. The monoisotopic (exact) mass is 657 g/mol. The maximum atomic E-state index is 13.7. The molecule has 9 heteroatoms. The van der Waals surface area contributed by atoms with E-state index in [1.165, 1.54) is 37.1 Å². The normalized spacial score (nSPS) is 11.7. The number of thioether (sulfide) groups is 1. The van der Waals surface area contributed by atoms with Crippen molar-refractivity contribution in [3.05, 3.63) is 155 Å². The summed E-state index contributed by atoms with van der Waals surface area (Å²) in [6.07, 6.45) is 1.48. The molecule has 0 aliphatic rings. The Kier molecular flexibility index (Phi) is 11.0. The highest BCUT2D eigenvalue weighted by Crippen LogP contribution is 2.37. The van der Waals surface area contributed by atoms with E-state index in [0.717, 1.165) is 27.3 Å². The van der Waals surface area contributed by atoms with Crippen molar-refractivity contribution in [3.8, 4) is 11.5 Å². The van der Waals surface area contributed by atoms with Gasteiger partial charge in [0.15, 0.2) is 0 Å². The van der Waals surface area contributed by atoms with Crippen LogP contribution in [0.4, 0.5) is 11.4 Å². The van der Waals surface area contributed by atoms with Crippen molar-refractivity contribution in [3.63, 3.8) is 0 Å². The third-order valence-corrected chi connectivity index (χ3v) is 8.63. The Hall–Kier alpha value is -5.80. The van der Waals surface area contributed by atoms with Crippen molar-refractivity contribution < 1.29 is 24.2 Å². The Morgan fingerprint density at radius 1 is 0.792 bits per heavy atom. The van der Waals surface area contributed by atoms with E-state index in [2.05, 4.69) is 16.0 Å². The molecule has 0 fully saturated rings. The average Bonchev–Trinajstić information content (AvgIpc) is 3.10. The minimum absolute atomic E-state index is 0.00542. The molecule has 3 amide bonds. The van der Waals surface area contributed by atoms with E-state index < -0.39 is 17.1 Å². The number of hydrogen-bond acceptors (Lipinski definition) is 6. The summed E-state index contributed by atoms with van der Waals surface area (Å²) in [4.78, 5) is 41.3. The van der Waals surface area contributed by atoms with E-state index in [-0.39, 0.29) is 17.4 Å². The van der Waals surface area contributed by atoms with Gasteiger partial charge in [0.05, 0.1) is 7.11 Å². The standard InChI is InChI=1S/C39H35N3O5S/c1-25-17-18-26(2)33(21-25)41-39(46)36(27-11-6-4-7-12-27)48-32-16-10-15-30(23-32)40-38(45)34(42-37(44)28-13-8-5-9-14-28)22-29-19-20-31(43)24-35(29)47-3/h4-24,36,43H,1-3H3,(H,40,45)(H,41,46)(H,42,44)/b34-22+. The lowest BCUT2D eigenvalue weighted by atomic mass is 10.1. The van der Waals surface area contributed by atoms with Gasteiger partial charge in [0.1, 0.15) is 22.4 Å². The second-order valence-corrected chi connectivity index (χ2v) is 12.2. The fourth-order valence-electron chi connectivity index (χ4n) is 4.87. The molecule has 0 bridgehead atoms. The molecule has 0 aromatic heterocycles. The zero-order chi connectivity index (χ0) is 34.0. The second-order valence-electron chi connectivity index (χ2n) is 11.0. The van der Waals surface area contributed by atoms with Crippen molar-refractivity contribution >= 4 is 46.9 Å². The Morgan fingerprint density at radius 2 is 1.52 bits per heavy atom. The van der Waals surface area contributed by atoms with Crippen LogP contribution >= 0.6 is 11.8 Å². The van der Waals surface area contributed by atoms with Gasteiger partial charge in [0.25, 0.3) is 11.8 Å². The number of carbonyl (C=O) groups excluding carboxylic acids is 3.